The minimum atomic E-state index is -0.633. The number of carbonyl (C=O) groups is 2. The second-order valence-corrected chi connectivity index (χ2v) is 8.38. The zero-order valence-corrected chi connectivity index (χ0v) is 18.0. The van der Waals surface area contributed by atoms with Crippen LogP contribution in [0.3, 0.4) is 0 Å². The van der Waals surface area contributed by atoms with E-state index in [9.17, 15) is 9.59 Å². The number of carbonyl (C=O) groups excluding carboxylic acids is 2. The van der Waals surface area contributed by atoms with E-state index in [0.717, 1.165) is 22.7 Å². The van der Waals surface area contributed by atoms with Gasteiger partial charge >= 0.3 is 0 Å². The van der Waals surface area contributed by atoms with Crippen LogP contribution in [0.2, 0.25) is 0 Å². The lowest BCUT2D eigenvalue weighted by Crippen LogP contribution is -2.49. The molecule has 7 nitrogen and oxygen atoms in total. The highest BCUT2D eigenvalue weighted by molar-refractivity contribution is 7.09. The second-order valence-electron chi connectivity index (χ2n) is 7.43. The zero-order chi connectivity index (χ0) is 21.0. The van der Waals surface area contributed by atoms with Gasteiger partial charge in [-0.15, -0.1) is 11.3 Å². The van der Waals surface area contributed by atoms with Crippen molar-refractivity contribution < 1.29 is 19.1 Å². The van der Waals surface area contributed by atoms with E-state index in [0.29, 0.717) is 30.5 Å². The standard InChI is InChI=1S/C21H27N3O4S/c1-13(2)10-22-19(25)11-24-17-9-15(5-6-18(17)28-14(3)21(24)26)16-12-29-20(23-16)7-8-27-4/h5-6,9,12-14H,7-8,10-11H2,1-4H3,(H,22,25). The summed E-state index contributed by atoms with van der Waals surface area (Å²) in [7, 11) is 1.67. The predicted octanol–water partition coefficient (Wildman–Crippen LogP) is 2.89. The third-order valence-electron chi connectivity index (χ3n) is 4.54. The Hall–Kier alpha value is -2.45. The average Bonchev–Trinajstić information content (AvgIpc) is 3.17. The molecule has 1 atom stereocenters. The first-order valence-corrected chi connectivity index (χ1v) is 10.6. The molecule has 0 saturated heterocycles. The van der Waals surface area contributed by atoms with Gasteiger partial charge in [0.1, 0.15) is 12.3 Å². The summed E-state index contributed by atoms with van der Waals surface area (Å²) in [6.07, 6.45) is 0.124. The monoisotopic (exact) mass is 417 g/mol. The molecule has 0 radical (unpaired) electrons. The largest absolute Gasteiger partial charge is 0.479 e. The average molecular weight is 418 g/mol. The molecular weight excluding hydrogens is 390 g/mol. The van der Waals surface area contributed by atoms with Crippen molar-refractivity contribution in [1.82, 2.24) is 10.3 Å². The normalized spacial score (nSPS) is 16.0. The fraction of sp³-hybridized carbons (Fsp3) is 0.476. The first kappa shape index (κ1) is 21.3. The van der Waals surface area contributed by atoms with E-state index in [1.54, 1.807) is 25.4 Å². The number of hydrogen-bond donors (Lipinski definition) is 1. The minimum Gasteiger partial charge on any atom is -0.479 e. The number of ether oxygens (including phenoxy) is 2. The van der Waals surface area contributed by atoms with Crippen LogP contribution in [0, 0.1) is 5.92 Å². The molecule has 2 amide bonds. The summed E-state index contributed by atoms with van der Waals surface area (Å²) in [5.74, 6) is 0.517. The molecule has 3 rings (SSSR count). The zero-order valence-electron chi connectivity index (χ0n) is 17.2. The van der Waals surface area contributed by atoms with Crippen LogP contribution in [-0.4, -0.2) is 49.7 Å². The third-order valence-corrected chi connectivity index (χ3v) is 5.45. The second kappa shape index (κ2) is 9.37. The third kappa shape index (κ3) is 5.13. The number of benzene rings is 1. The maximum absolute atomic E-state index is 12.7. The van der Waals surface area contributed by atoms with Crippen molar-refractivity contribution in [3.05, 3.63) is 28.6 Å². The van der Waals surface area contributed by atoms with Gasteiger partial charge in [0, 0.05) is 31.0 Å². The number of nitrogens with one attached hydrogen (secondary N) is 1. The lowest BCUT2D eigenvalue weighted by molar-refractivity contribution is -0.128. The van der Waals surface area contributed by atoms with Crippen molar-refractivity contribution in [2.75, 3.05) is 31.7 Å². The molecule has 0 fully saturated rings. The van der Waals surface area contributed by atoms with Crippen molar-refractivity contribution in [1.29, 1.82) is 0 Å². The van der Waals surface area contributed by atoms with Gasteiger partial charge in [0.2, 0.25) is 5.91 Å². The van der Waals surface area contributed by atoms with Gasteiger partial charge in [0.15, 0.2) is 6.10 Å². The van der Waals surface area contributed by atoms with E-state index >= 15 is 0 Å². The molecule has 0 aliphatic carbocycles. The lowest BCUT2D eigenvalue weighted by atomic mass is 10.1. The van der Waals surface area contributed by atoms with Crippen LogP contribution in [0.4, 0.5) is 5.69 Å². The summed E-state index contributed by atoms with van der Waals surface area (Å²) in [6, 6.07) is 5.62. The molecule has 156 valence electrons. The number of hydrogen-bond acceptors (Lipinski definition) is 6. The predicted molar refractivity (Wildman–Crippen MR) is 113 cm³/mol. The van der Waals surface area contributed by atoms with Crippen LogP contribution >= 0.6 is 11.3 Å². The fourth-order valence-electron chi connectivity index (χ4n) is 2.99. The van der Waals surface area contributed by atoms with E-state index in [-0.39, 0.29) is 18.4 Å². The van der Waals surface area contributed by atoms with Gasteiger partial charge in [0.05, 0.1) is 23.0 Å². The van der Waals surface area contributed by atoms with Crippen molar-refractivity contribution >= 4 is 28.8 Å². The van der Waals surface area contributed by atoms with Crippen molar-refractivity contribution in [2.45, 2.75) is 33.3 Å². The van der Waals surface area contributed by atoms with E-state index in [2.05, 4.69) is 10.3 Å². The van der Waals surface area contributed by atoms with E-state index < -0.39 is 6.10 Å². The van der Waals surface area contributed by atoms with E-state index in [1.165, 1.54) is 4.90 Å². The van der Waals surface area contributed by atoms with Gasteiger partial charge in [-0.2, -0.15) is 0 Å². The maximum atomic E-state index is 12.7. The Balaban J connectivity index is 1.85. The van der Waals surface area contributed by atoms with E-state index in [1.807, 2.05) is 37.4 Å². The topological polar surface area (TPSA) is 80.8 Å². The number of thiazole rings is 1. The highest BCUT2D eigenvalue weighted by Gasteiger charge is 2.33. The van der Waals surface area contributed by atoms with Crippen LogP contribution in [0.15, 0.2) is 23.6 Å². The van der Waals surface area contributed by atoms with Crippen molar-refractivity contribution in [3.8, 4) is 17.0 Å². The molecule has 1 aliphatic heterocycles. The molecule has 2 aromatic rings. The Labute approximate surface area is 175 Å². The van der Waals surface area contributed by atoms with Gasteiger partial charge in [-0.25, -0.2) is 4.98 Å². The molecule has 8 heteroatoms. The molecule has 1 aromatic heterocycles. The van der Waals surface area contributed by atoms with Crippen LogP contribution in [0.1, 0.15) is 25.8 Å². The molecule has 0 saturated carbocycles. The molecule has 2 heterocycles. The fourth-order valence-corrected chi connectivity index (χ4v) is 3.78. The Bertz CT molecular complexity index is 881. The molecule has 0 bridgehead atoms. The van der Waals surface area contributed by atoms with Crippen molar-refractivity contribution in [3.63, 3.8) is 0 Å². The Morgan fingerprint density at radius 1 is 1.41 bits per heavy atom. The SMILES string of the molecule is COCCc1nc(-c2ccc3c(c2)N(CC(=O)NCC(C)C)C(=O)C(C)O3)cs1. The molecular formula is C21H27N3O4S. The first-order chi connectivity index (χ1) is 13.9. The highest BCUT2D eigenvalue weighted by Crippen LogP contribution is 2.37. The number of aromatic nitrogens is 1. The molecule has 1 aromatic carbocycles. The Morgan fingerprint density at radius 3 is 2.93 bits per heavy atom. The molecule has 1 unspecified atom stereocenters. The Morgan fingerprint density at radius 2 is 2.21 bits per heavy atom. The molecule has 1 N–H and O–H groups in total. The summed E-state index contributed by atoms with van der Waals surface area (Å²) < 4.78 is 10.9. The highest BCUT2D eigenvalue weighted by atomic mass is 32.1. The van der Waals surface area contributed by atoms with Gasteiger partial charge in [-0.3, -0.25) is 14.5 Å². The molecule has 0 spiro atoms. The van der Waals surface area contributed by atoms with Crippen LogP contribution < -0.4 is 15.0 Å². The smallest absolute Gasteiger partial charge is 0.268 e. The number of rotatable bonds is 8. The number of fused-ring (bicyclic) bond motifs is 1. The van der Waals surface area contributed by atoms with Crippen LogP contribution in [0.25, 0.3) is 11.3 Å². The quantitative estimate of drug-likeness (QED) is 0.714. The first-order valence-electron chi connectivity index (χ1n) is 9.71. The van der Waals surface area contributed by atoms with Gasteiger partial charge in [0.25, 0.3) is 5.91 Å². The number of nitrogens with zero attached hydrogens (tertiary/aromatic N) is 2. The Kier molecular flexibility index (Phi) is 6.87. The lowest BCUT2D eigenvalue weighted by Gasteiger charge is -2.33. The molecule has 1 aliphatic rings. The summed E-state index contributed by atoms with van der Waals surface area (Å²) >= 11 is 1.58. The van der Waals surface area contributed by atoms with Gasteiger partial charge in [-0.1, -0.05) is 13.8 Å². The maximum Gasteiger partial charge on any atom is 0.268 e. The van der Waals surface area contributed by atoms with Gasteiger partial charge in [-0.05, 0) is 31.0 Å². The van der Waals surface area contributed by atoms with Crippen LogP contribution in [0.5, 0.6) is 5.75 Å². The number of methoxy groups -OCH3 is 1. The summed E-state index contributed by atoms with van der Waals surface area (Å²) in [6.45, 7) is 6.91. The van der Waals surface area contributed by atoms with Crippen LogP contribution in [-0.2, 0) is 20.7 Å². The summed E-state index contributed by atoms with van der Waals surface area (Å²) in [4.78, 5) is 31.2. The number of anilines is 1. The van der Waals surface area contributed by atoms with Gasteiger partial charge < -0.3 is 14.8 Å². The van der Waals surface area contributed by atoms with E-state index in [4.69, 9.17) is 9.47 Å². The number of amides is 2. The van der Waals surface area contributed by atoms with Crippen molar-refractivity contribution in [2.24, 2.45) is 5.92 Å². The summed E-state index contributed by atoms with van der Waals surface area (Å²) in [5, 5.41) is 5.85. The summed E-state index contributed by atoms with van der Waals surface area (Å²) in [5.41, 5.74) is 2.30. The molecule has 29 heavy (non-hydrogen) atoms. The minimum absolute atomic E-state index is 0.0359.